The number of hydrogen-bond acceptors (Lipinski definition) is 4. The Balaban J connectivity index is 2.19. The van der Waals surface area contributed by atoms with E-state index in [2.05, 4.69) is 4.72 Å². The first-order valence-electron chi connectivity index (χ1n) is 6.11. The minimum atomic E-state index is -3.62. The molecule has 1 heterocycles. The van der Waals surface area contributed by atoms with E-state index in [4.69, 9.17) is 28.9 Å². The molecular formula is C11H16Cl2N2O2S2. The molecule has 3 N–H and O–H groups in total. The van der Waals surface area contributed by atoms with E-state index in [1.165, 1.54) is 6.07 Å². The molecule has 0 bridgehead atoms. The van der Waals surface area contributed by atoms with E-state index in [1.807, 2.05) is 0 Å². The zero-order valence-corrected chi connectivity index (χ0v) is 13.4. The summed E-state index contributed by atoms with van der Waals surface area (Å²) in [4.78, 5) is 0.0607. The Morgan fingerprint density at radius 1 is 1.37 bits per heavy atom. The van der Waals surface area contributed by atoms with Gasteiger partial charge in [0.15, 0.2) is 0 Å². The highest BCUT2D eigenvalue weighted by Gasteiger charge is 2.30. The Bertz CT molecular complexity index is 545. The molecule has 1 aromatic rings. The number of thiophene rings is 1. The minimum absolute atomic E-state index is 0.0607. The zero-order chi connectivity index (χ0) is 14.0. The van der Waals surface area contributed by atoms with Crippen molar-refractivity contribution in [3.05, 3.63) is 14.7 Å². The third-order valence-corrected chi connectivity index (χ3v) is 6.68. The highest BCUT2D eigenvalue weighted by atomic mass is 35.5. The number of nitrogens with one attached hydrogen (secondary N) is 1. The van der Waals surface area contributed by atoms with Gasteiger partial charge in [0.05, 0.1) is 4.34 Å². The van der Waals surface area contributed by atoms with Crippen molar-refractivity contribution in [3.63, 3.8) is 0 Å². The zero-order valence-electron chi connectivity index (χ0n) is 10.2. The molecule has 1 aromatic heterocycles. The van der Waals surface area contributed by atoms with Gasteiger partial charge in [0.25, 0.3) is 0 Å². The summed E-state index contributed by atoms with van der Waals surface area (Å²) < 4.78 is 27.9. The molecule has 1 fully saturated rings. The van der Waals surface area contributed by atoms with Gasteiger partial charge in [0.2, 0.25) is 10.0 Å². The van der Waals surface area contributed by atoms with Gasteiger partial charge in [-0.15, -0.1) is 11.3 Å². The van der Waals surface area contributed by atoms with Crippen LogP contribution in [0.3, 0.4) is 0 Å². The Morgan fingerprint density at radius 3 is 2.63 bits per heavy atom. The van der Waals surface area contributed by atoms with Gasteiger partial charge in [-0.05, 0) is 31.4 Å². The fraction of sp³-hybridized carbons (Fsp3) is 0.636. The lowest BCUT2D eigenvalue weighted by Crippen LogP contribution is -2.44. The van der Waals surface area contributed by atoms with Crippen molar-refractivity contribution in [3.8, 4) is 0 Å². The molecule has 8 heteroatoms. The molecule has 4 nitrogen and oxygen atoms in total. The maximum Gasteiger partial charge on any atom is 0.243 e. The highest BCUT2D eigenvalue weighted by Crippen LogP contribution is 2.35. The molecule has 2 unspecified atom stereocenters. The molecule has 1 aliphatic carbocycles. The monoisotopic (exact) mass is 342 g/mol. The number of rotatable bonds is 4. The SMILES string of the molecule is NCC1CCCCC1NS(=O)(=O)c1cc(Cl)sc1Cl. The predicted octanol–water partition coefficient (Wildman–Crippen LogP) is 2.85. The van der Waals surface area contributed by atoms with Gasteiger partial charge < -0.3 is 5.73 Å². The van der Waals surface area contributed by atoms with E-state index < -0.39 is 10.0 Å². The van der Waals surface area contributed by atoms with Gasteiger partial charge >= 0.3 is 0 Å². The van der Waals surface area contributed by atoms with Crippen LogP contribution >= 0.6 is 34.5 Å². The summed E-state index contributed by atoms with van der Waals surface area (Å²) in [6, 6.07) is 1.27. The van der Waals surface area contributed by atoms with Crippen LogP contribution in [0.25, 0.3) is 0 Å². The van der Waals surface area contributed by atoms with E-state index >= 15 is 0 Å². The number of hydrogen-bond donors (Lipinski definition) is 2. The van der Waals surface area contributed by atoms with Gasteiger partial charge in [0.1, 0.15) is 9.23 Å². The van der Waals surface area contributed by atoms with Crippen LogP contribution in [-0.4, -0.2) is 21.0 Å². The fourth-order valence-corrected chi connectivity index (χ4v) is 5.90. The topological polar surface area (TPSA) is 72.2 Å². The maximum absolute atomic E-state index is 12.3. The normalized spacial score (nSPS) is 24.6. The Morgan fingerprint density at radius 2 is 2.05 bits per heavy atom. The maximum atomic E-state index is 12.3. The van der Waals surface area contributed by atoms with Crippen molar-refractivity contribution in [2.24, 2.45) is 11.7 Å². The van der Waals surface area contributed by atoms with Crippen LogP contribution in [-0.2, 0) is 10.0 Å². The van der Waals surface area contributed by atoms with Crippen molar-refractivity contribution >= 4 is 44.6 Å². The molecule has 0 aromatic carbocycles. The molecule has 2 atom stereocenters. The standard InChI is InChI=1S/C11H16Cl2N2O2S2/c12-10-5-9(11(13)18-10)19(16,17)15-8-4-2-1-3-7(8)6-14/h5,7-8,15H,1-4,6,14H2. The predicted molar refractivity (Wildman–Crippen MR) is 79.5 cm³/mol. The largest absolute Gasteiger partial charge is 0.330 e. The summed E-state index contributed by atoms with van der Waals surface area (Å²) in [5, 5.41) is 0. The Labute approximate surface area is 127 Å². The minimum Gasteiger partial charge on any atom is -0.330 e. The van der Waals surface area contributed by atoms with E-state index in [0.29, 0.717) is 10.9 Å². The van der Waals surface area contributed by atoms with Crippen LogP contribution in [0, 0.1) is 5.92 Å². The molecule has 1 aliphatic rings. The second-order valence-corrected chi connectivity index (χ2v) is 8.66. The molecule has 0 radical (unpaired) electrons. The van der Waals surface area contributed by atoms with E-state index in [0.717, 1.165) is 37.0 Å². The summed E-state index contributed by atoms with van der Waals surface area (Å²) in [5.74, 6) is 0.191. The Kier molecular flexibility index (Phi) is 5.14. The van der Waals surface area contributed by atoms with Crippen LogP contribution in [0.5, 0.6) is 0 Å². The summed E-state index contributed by atoms with van der Waals surface area (Å²) in [6.45, 7) is 0.491. The van der Waals surface area contributed by atoms with E-state index in [-0.39, 0.29) is 21.2 Å². The summed E-state index contributed by atoms with van der Waals surface area (Å²) in [7, 11) is -3.62. The summed E-state index contributed by atoms with van der Waals surface area (Å²) in [6.07, 6.45) is 3.89. The molecule has 0 saturated heterocycles. The first-order chi connectivity index (χ1) is 8.94. The lowest BCUT2D eigenvalue weighted by molar-refractivity contribution is 0.296. The van der Waals surface area contributed by atoms with Crippen molar-refractivity contribution in [1.29, 1.82) is 0 Å². The first kappa shape index (κ1) is 15.5. The highest BCUT2D eigenvalue weighted by molar-refractivity contribution is 7.89. The van der Waals surface area contributed by atoms with Crippen molar-refractivity contribution in [2.45, 2.75) is 36.6 Å². The third-order valence-electron chi connectivity index (χ3n) is 3.43. The molecule has 108 valence electrons. The van der Waals surface area contributed by atoms with E-state index in [1.54, 1.807) is 0 Å². The lowest BCUT2D eigenvalue weighted by atomic mass is 9.85. The van der Waals surface area contributed by atoms with Gasteiger partial charge in [-0.25, -0.2) is 13.1 Å². The fourth-order valence-electron chi connectivity index (χ4n) is 2.42. The van der Waals surface area contributed by atoms with Gasteiger partial charge in [-0.2, -0.15) is 0 Å². The average molecular weight is 343 g/mol. The number of nitrogens with two attached hydrogens (primary N) is 1. The van der Waals surface area contributed by atoms with Gasteiger partial charge in [-0.1, -0.05) is 36.0 Å². The molecule has 0 amide bonds. The number of sulfonamides is 1. The Hall–Kier alpha value is 0.150. The second-order valence-electron chi connectivity index (χ2n) is 4.70. The van der Waals surface area contributed by atoms with Crippen LogP contribution in [0.4, 0.5) is 0 Å². The van der Waals surface area contributed by atoms with Crippen molar-refractivity contribution < 1.29 is 8.42 Å². The molecule has 0 aliphatic heterocycles. The van der Waals surface area contributed by atoms with Crippen molar-refractivity contribution in [2.75, 3.05) is 6.54 Å². The summed E-state index contributed by atoms with van der Waals surface area (Å²) >= 11 is 12.8. The quantitative estimate of drug-likeness (QED) is 0.883. The molecule has 19 heavy (non-hydrogen) atoms. The molecule has 1 saturated carbocycles. The van der Waals surface area contributed by atoms with Gasteiger partial charge in [0, 0.05) is 6.04 Å². The van der Waals surface area contributed by atoms with Crippen LogP contribution in [0.2, 0.25) is 8.67 Å². The average Bonchev–Trinajstić information content (AvgIpc) is 2.69. The van der Waals surface area contributed by atoms with E-state index in [9.17, 15) is 8.42 Å². The second kappa shape index (κ2) is 6.28. The van der Waals surface area contributed by atoms with Crippen LogP contribution in [0.15, 0.2) is 11.0 Å². The van der Waals surface area contributed by atoms with Crippen LogP contribution < -0.4 is 10.5 Å². The lowest BCUT2D eigenvalue weighted by Gasteiger charge is -2.30. The first-order valence-corrected chi connectivity index (χ1v) is 9.17. The van der Waals surface area contributed by atoms with Crippen molar-refractivity contribution in [1.82, 2.24) is 4.72 Å². The molecule has 2 rings (SSSR count). The molecule has 0 spiro atoms. The summed E-state index contributed by atoms with van der Waals surface area (Å²) in [5.41, 5.74) is 5.71. The van der Waals surface area contributed by atoms with Gasteiger partial charge in [-0.3, -0.25) is 0 Å². The third kappa shape index (κ3) is 3.62. The van der Waals surface area contributed by atoms with Crippen LogP contribution in [0.1, 0.15) is 25.7 Å². The smallest absolute Gasteiger partial charge is 0.243 e. The number of halogens is 2. The molecular weight excluding hydrogens is 327 g/mol.